The standard InChI is InChI=1S/C22H26N6O2/c1-14-23-7-4-21(26-14)27-8-5-15-6-9-28(18(15)12-27)22-16-10-19(29-2)20(30-3)11-17(16)24-13-25-22/h4,7,10-11,13,15,18H,5-6,8-9,12H2,1-3H3. The van der Waals surface area contributed by atoms with Gasteiger partial charge >= 0.3 is 0 Å². The summed E-state index contributed by atoms with van der Waals surface area (Å²) in [5, 5.41) is 0.991. The first-order valence-electron chi connectivity index (χ1n) is 10.4. The molecule has 0 radical (unpaired) electrons. The molecule has 2 atom stereocenters. The fraction of sp³-hybridized carbons (Fsp3) is 0.455. The van der Waals surface area contributed by atoms with Gasteiger partial charge in [-0.2, -0.15) is 0 Å². The first kappa shape index (κ1) is 18.8. The maximum Gasteiger partial charge on any atom is 0.162 e. The highest BCUT2D eigenvalue weighted by molar-refractivity contribution is 5.92. The number of benzene rings is 1. The molecule has 0 aliphatic carbocycles. The molecule has 2 saturated heterocycles. The Morgan fingerprint density at radius 3 is 2.60 bits per heavy atom. The van der Waals surface area contributed by atoms with Crippen molar-refractivity contribution < 1.29 is 9.47 Å². The number of hydrogen-bond donors (Lipinski definition) is 0. The summed E-state index contributed by atoms with van der Waals surface area (Å²) in [6.07, 6.45) is 5.82. The van der Waals surface area contributed by atoms with Gasteiger partial charge in [0.15, 0.2) is 11.5 Å². The molecule has 1 aromatic carbocycles. The molecule has 2 aliphatic rings. The Balaban J connectivity index is 1.50. The quantitative estimate of drug-likeness (QED) is 0.655. The summed E-state index contributed by atoms with van der Waals surface area (Å²) >= 11 is 0. The molecule has 2 unspecified atom stereocenters. The van der Waals surface area contributed by atoms with Gasteiger partial charge in [-0.15, -0.1) is 0 Å². The zero-order valence-electron chi connectivity index (χ0n) is 17.6. The normalized spacial score (nSPS) is 21.0. The zero-order chi connectivity index (χ0) is 20.7. The molecule has 2 fully saturated rings. The SMILES string of the molecule is COc1cc2ncnc(N3CCC4CCN(c5ccnc(C)n5)CC43)c2cc1OC. The maximum absolute atomic E-state index is 5.53. The molecule has 8 heteroatoms. The number of hydrogen-bond acceptors (Lipinski definition) is 8. The van der Waals surface area contributed by atoms with Crippen LogP contribution in [0.15, 0.2) is 30.7 Å². The van der Waals surface area contributed by atoms with Crippen molar-refractivity contribution in [2.75, 3.05) is 43.7 Å². The molecule has 5 rings (SSSR count). The summed E-state index contributed by atoms with van der Waals surface area (Å²) in [6.45, 7) is 4.89. The largest absolute Gasteiger partial charge is 0.493 e. The van der Waals surface area contributed by atoms with Gasteiger partial charge in [0, 0.05) is 37.3 Å². The fourth-order valence-electron chi connectivity index (χ4n) is 4.83. The molecule has 30 heavy (non-hydrogen) atoms. The summed E-state index contributed by atoms with van der Waals surface area (Å²) < 4.78 is 11.0. The van der Waals surface area contributed by atoms with Crippen LogP contribution in [0.25, 0.3) is 10.9 Å². The van der Waals surface area contributed by atoms with Gasteiger partial charge in [0.1, 0.15) is 23.8 Å². The summed E-state index contributed by atoms with van der Waals surface area (Å²) in [7, 11) is 3.30. The van der Waals surface area contributed by atoms with Crippen LogP contribution in [0.2, 0.25) is 0 Å². The van der Waals surface area contributed by atoms with E-state index in [2.05, 4.69) is 24.8 Å². The Bertz CT molecular complexity index is 1070. The highest BCUT2D eigenvalue weighted by atomic mass is 16.5. The number of ether oxygens (including phenoxy) is 2. The van der Waals surface area contributed by atoms with Crippen molar-refractivity contribution in [2.45, 2.75) is 25.8 Å². The third kappa shape index (κ3) is 3.16. The Hall–Kier alpha value is -3.16. The minimum Gasteiger partial charge on any atom is -0.493 e. The third-order valence-corrected chi connectivity index (χ3v) is 6.34. The molecule has 0 bridgehead atoms. The van der Waals surface area contributed by atoms with Crippen molar-refractivity contribution in [1.29, 1.82) is 0 Å². The predicted octanol–water partition coefficient (Wildman–Crippen LogP) is 2.85. The molecule has 0 spiro atoms. The van der Waals surface area contributed by atoms with Crippen LogP contribution < -0.4 is 19.3 Å². The second-order valence-electron chi connectivity index (χ2n) is 7.93. The molecular formula is C22H26N6O2. The van der Waals surface area contributed by atoms with E-state index < -0.39 is 0 Å². The summed E-state index contributed by atoms with van der Waals surface area (Å²) in [4.78, 5) is 22.9. The Labute approximate surface area is 175 Å². The molecule has 0 saturated carbocycles. The Kier molecular flexibility index (Phi) is 4.77. The van der Waals surface area contributed by atoms with Crippen LogP contribution in [0.3, 0.4) is 0 Å². The maximum atomic E-state index is 5.53. The minimum atomic E-state index is 0.389. The number of rotatable bonds is 4. The third-order valence-electron chi connectivity index (χ3n) is 6.34. The molecule has 156 valence electrons. The smallest absolute Gasteiger partial charge is 0.162 e. The lowest BCUT2D eigenvalue weighted by atomic mass is 9.92. The average molecular weight is 406 g/mol. The first-order chi connectivity index (χ1) is 14.7. The van der Waals surface area contributed by atoms with E-state index in [1.807, 2.05) is 31.3 Å². The van der Waals surface area contributed by atoms with E-state index in [0.717, 1.165) is 54.4 Å². The van der Waals surface area contributed by atoms with Crippen molar-refractivity contribution >= 4 is 22.5 Å². The van der Waals surface area contributed by atoms with Gasteiger partial charge < -0.3 is 19.3 Å². The van der Waals surface area contributed by atoms with Crippen molar-refractivity contribution in [1.82, 2.24) is 19.9 Å². The van der Waals surface area contributed by atoms with E-state index in [0.29, 0.717) is 23.5 Å². The van der Waals surface area contributed by atoms with Gasteiger partial charge in [-0.05, 0) is 37.8 Å². The summed E-state index contributed by atoms with van der Waals surface area (Å²) in [5.74, 6) is 4.81. The minimum absolute atomic E-state index is 0.389. The average Bonchev–Trinajstić information content (AvgIpc) is 3.20. The lowest BCUT2D eigenvalue weighted by molar-refractivity contribution is 0.355. The molecule has 4 heterocycles. The van der Waals surface area contributed by atoms with Crippen LogP contribution in [-0.2, 0) is 0 Å². The number of nitrogens with zero attached hydrogens (tertiary/aromatic N) is 6. The van der Waals surface area contributed by atoms with E-state index >= 15 is 0 Å². The van der Waals surface area contributed by atoms with Gasteiger partial charge in [-0.1, -0.05) is 0 Å². The number of aryl methyl sites for hydroxylation is 1. The van der Waals surface area contributed by atoms with Gasteiger partial charge in [-0.25, -0.2) is 19.9 Å². The Morgan fingerprint density at radius 1 is 1.00 bits per heavy atom. The molecule has 3 aromatic rings. The van der Waals surface area contributed by atoms with E-state index in [9.17, 15) is 0 Å². The van der Waals surface area contributed by atoms with E-state index in [-0.39, 0.29) is 0 Å². The Morgan fingerprint density at radius 2 is 1.80 bits per heavy atom. The lowest BCUT2D eigenvalue weighted by Gasteiger charge is -2.39. The van der Waals surface area contributed by atoms with Crippen molar-refractivity contribution in [3.63, 3.8) is 0 Å². The second kappa shape index (κ2) is 7.59. The molecule has 8 nitrogen and oxygen atoms in total. The van der Waals surface area contributed by atoms with Gasteiger partial charge in [0.2, 0.25) is 0 Å². The van der Waals surface area contributed by atoms with Crippen LogP contribution in [0, 0.1) is 12.8 Å². The van der Waals surface area contributed by atoms with E-state index in [4.69, 9.17) is 14.5 Å². The van der Waals surface area contributed by atoms with Gasteiger partial charge in [0.05, 0.1) is 25.8 Å². The molecular weight excluding hydrogens is 380 g/mol. The number of methoxy groups -OCH3 is 2. The summed E-state index contributed by atoms with van der Waals surface area (Å²) in [6, 6.07) is 6.30. The number of fused-ring (bicyclic) bond motifs is 2. The second-order valence-corrected chi connectivity index (χ2v) is 7.93. The van der Waals surface area contributed by atoms with E-state index in [1.54, 1.807) is 20.5 Å². The first-order valence-corrected chi connectivity index (χ1v) is 10.4. The summed E-state index contributed by atoms with van der Waals surface area (Å²) in [5.41, 5.74) is 0.861. The lowest BCUT2D eigenvalue weighted by Crippen LogP contribution is -2.49. The van der Waals surface area contributed by atoms with Crippen molar-refractivity contribution in [3.05, 3.63) is 36.5 Å². The van der Waals surface area contributed by atoms with Crippen molar-refractivity contribution in [2.24, 2.45) is 5.92 Å². The van der Waals surface area contributed by atoms with Crippen LogP contribution in [0.1, 0.15) is 18.7 Å². The van der Waals surface area contributed by atoms with Crippen LogP contribution in [0.4, 0.5) is 11.6 Å². The van der Waals surface area contributed by atoms with Gasteiger partial charge in [0.25, 0.3) is 0 Å². The molecule has 0 N–H and O–H groups in total. The van der Waals surface area contributed by atoms with Crippen LogP contribution >= 0.6 is 0 Å². The molecule has 0 amide bonds. The molecule has 2 aliphatic heterocycles. The number of anilines is 2. The van der Waals surface area contributed by atoms with Gasteiger partial charge in [-0.3, -0.25) is 0 Å². The highest BCUT2D eigenvalue weighted by Crippen LogP contribution is 2.40. The van der Waals surface area contributed by atoms with E-state index in [1.165, 1.54) is 6.42 Å². The fourth-order valence-corrected chi connectivity index (χ4v) is 4.83. The number of piperidine rings is 1. The predicted molar refractivity (Wildman–Crippen MR) is 115 cm³/mol. The zero-order valence-corrected chi connectivity index (χ0v) is 17.6. The highest BCUT2D eigenvalue weighted by Gasteiger charge is 2.40. The van der Waals surface area contributed by atoms with Crippen LogP contribution in [0.5, 0.6) is 11.5 Å². The topological polar surface area (TPSA) is 76.5 Å². The van der Waals surface area contributed by atoms with Crippen LogP contribution in [-0.4, -0.2) is 59.8 Å². The molecule has 2 aromatic heterocycles. The number of aromatic nitrogens is 4. The van der Waals surface area contributed by atoms with Crippen molar-refractivity contribution in [3.8, 4) is 11.5 Å². The monoisotopic (exact) mass is 406 g/mol.